The standard InChI is InChI=1S/C46H69NO6Si/c1-24(2)41-36(48)22-33-37(53-41)16-17-44(11)45(12)32(15-18-46(33,44)51)42(49)47-35-14-13-28-19-29(23-52-54(25(3)4,26(5)6)27(7)8)30-20-34(43(9,10)50)40(30)39(28)31(35)21-38(45)47/h13-14,21-22,25-27,29-30,32,34,36-37,40-42,48-51H,1,15-20,23H2,2-12H3/t29-,30-,32+,34+,36-,37+,40+,41-,42?,44-,45-,46-/m1/s1. The summed E-state index contributed by atoms with van der Waals surface area (Å²) in [4.78, 5) is 0. The number of aromatic nitrogens is 1. The van der Waals surface area contributed by atoms with E-state index < -0.39 is 48.8 Å². The predicted molar refractivity (Wildman–Crippen MR) is 218 cm³/mol. The molecule has 1 unspecified atom stereocenters. The number of hydrogen-bond donors (Lipinski definition) is 4. The fourth-order valence-electron chi connectivity index (χ4n) is 14.3. The van der Waals surface area contributed by atoms with Crippen LogP contribution >= 0.6 is 0 Å². The Bertz CT molecular complexity index is 1850. The van der Waals surface area contributed by atoms with E-state index >= 15 is 0 Å². The molecule has 298 valence electrons. The molecule has 2 aromatic rings. The second-order valence-corrected chi connectivity index (χ2v) is 26.2. The highest BCUT2D eigenvalue weighted by molar-refractivity contribution is 6.77. The fourth-order valence-corrected chi connectivity index (χ4v) is 19.8. The summed E-state index contributed by atoms with van der Waals surface area (Å²) in [5.74, 6) is 1.13. The Morgan fingerprint density at radius 1 is 1.06 bits per heavy atom. The lowest BCUT2D eigenvalue weighted by atomic mass is 9.42. The second-order valence-electron chi connectivity index (χ2n) is 20.7. The van der Waals surface area contributed by atoms with Crippen LogP contribution in [0.1, 0.15) is 137 Å². The van der Waals surface area contributed by atoms with Crippen LogP contribution in [0.5, 0.6) is 0 Å². The van der Waals surface area contributed by atoms with Gasteiger partial charge in [-0.3, -0.25) is 0 Å². The quantitative estimate of drug-likeness (QED) is 0.159. The smallest absolute Gasteiger partial charge is 0.200 e. The van der Waals surface area contributed by atoms with Crippen LogP contribution in [0.2, 0.25) is 16.6 Å². The van der Waals surface area contributed by atoms with E-state index in [2.05, 4.69) is 84.7 Å². The molecular formula is C46H69NO6Si. The van der Waals surface area contributed by atoms with Crippen molar-refractivity contribution in [2.24, 2.45) is 29.1 Å². The lowest BCUT2D eigenvalue weighted by Crippen LogP contribution is -2.68. The molecule has 8 rings (SSSR count). The molecule has 1 aromatic heterocycles. The zero-order valence-corrected chi connectivity index (χ0v) is 35.9. The van der Waals surface area contributed by atoms with E-state index in [0.29, 0.717) is 41.3 Å². The zero-order valence-electron chi connectivity index (χ0n) is 34.9. The Kier molecular flexibility index (Phi) is 9.12. The number of hydrogen-bond acceptors (Lipinski definition) is 6. The van der Waals surface area contributed by atoms with Crippen molar-refractivity contribution in [2.75, 3.05) is 6.61 Å². The Morgan fingerprint density at radius 2 is 1.72 bits per heavy atom. The van der Waals surface area contributed by atoms with Crippen molar-refractivity contribution in [1.29, 1.82) is 0 Å². The Hall–Kier alpha value is -1.78. The Morgan fingerprint density at radius 3 is 2.33 bits per heavy atom. The van der Waals surface area contributed by atoms with E-state index in [4.69, 9.17) is 9.16 Å². The summed E-state index contributed by atoms with van der Waals surface area (Å²) in [7, 11) is -2.04. The summed E-state index contributed by atoms with van der Waals surface area (Å²) in [5, 5.41) is 49.4. The first-order chi connectivity index (χ1) is 25.1. The summed E-state index contributed by atoms with van der Waals surface area (Å²) in [6, 6.07) is 6.93. The highest BCUT2D eigenvalue weighted by atomic mass is 28.4. The molecule has 0 radical (unpaired) electrons. The summed E-state index contributed by atoms with van der Waals surface area (Å²) in [6.07, 6.45) is 4.20. The largest absolute Gasteiger partial charge is 0.416 e. The van der Waals surface area contributed by atoms with E-state index in [1.165, 1.54) is 16.5 Å². The highest BCUT2D eigenvalue weighted by Gasteiger charge is 2.71. The molecule has 3 saturated carbocycles. The van der Waals surface area contributed by atoms with Gasteiger partial charge in [0.2, 0.25) is 0 Å². The van der Waals surface area contributed by atoms with Gasteiger partial charge < -0.3 is 34.2 Å². The van der Waals surface area contributed by atoms with Crippen molar-refractivity contribution in [2.45, 2.75) is 178 Å². The molecule has 7 nitrogen and oxygen atoms in total. The van der Waals surface area contributed by atoms with Crippen molar-refractivity contribution < 1.29 is 29.6 Å². The summed E-state index contributed by atoms with van der Waals surface area (Å²) in [6.45, 7) is 29.4. The maximum Gasteiger partial charge on any atom is 0.200 e. The second kappa shape index (κ2) is 12.6. The number of ether oxygens (including phenoxy) is 1. The van der Waals surface area contributed by atoms with Crippen molar-refractivity contribution in [3.8, 4) is 0 Å². The van der Waals surface area contributed by atoms with Gasteiger partial charge in [0.15, 0.2) is 8.32 Å². The first-order valence-electron chi connectivity index (χ1n) is 21.3. The summed E-state index contributed by atoms with van der Waals surface area (Å²) >= 11 is 0. The number of rotatable bonds is 8. The van der Waals surface area contributed by atoms with Crippen molar-refractivity contribution in [3.05, 3.63) is 58.8 Å². The van der Waals surface area contributed by atoms with Crippen LogP contribution in [0.15, 0.2) is 42.0 Å². The minimum atomic E-state index is -2.04. The first-order valence-corrected chi connectivity index (χ1v) is 23.4. The van der Waals surface area contributed by atoms with E-state index in [9.17, 15) is 20.4 Å². The number of aliphatic hydroxyl groups is 4. The fraction of sp³-hybridized carbons (Fsp3) is 0.739. The Balaban J connectivity index is 1.22. The van der Waals surface area contributed by atoms with Gasteiger partial charge in [0, 0.05) is 34.4 Å². The lowest BCUT2D eigenvalue weighted by Gasteiger charge is -2.64. The maximum absolute atomic E-state index is 13.0. The molecule has 4 N–H and O–H groups in total. The SMILES string of the molecule is C=C(C)[C@H]1O[C@H]2CC[C@@]3(C)[C@@](O)(CC[C@H]4C(O)n5c(cc6c7c(ccc65)C[C@H](CO[Si](C(C)C)(C(C)C)C(C)C)[C@H]5C[C@H](C(C)(C)O)[C@@H]75)[C@@]43C)C2=C[C@H]1O. The lowest BCUT2D eigenvalue weighted by molar-refractivity contribution is -0.194. The van der Waals surface area contributed by atoms with Crippen LogP contribution in [0, 0.1) is 29.1 Å². The number of nitrogens with zero attached hydrogens (tertiary/aromatic N) is 1. The van der Waals surface area contributed by atoms with Gasteiger partial charge in [0.05, 0.1) is 22.8 Å². The normalized spacial score (nSPS) is 40.1. The van der Waals surface area contributed by atoms with Gasteiger partial charge >= 0.3 is 0 Å². The molecule has 0 amide bonds. The molecule has 2 aliphatic heterocycles. The van der Waals surface area contributed by atoms with Gasteiger partial charge in [-0.15, -0.1) is 0 Å². The molecule has 0 bridgehead atoms. The number of aliphatic hydroxyl groups excluding tert-OH is 2. The molecule has 3 heterocycles. The monoisotopic (exact) mass is 759 g/mol. The van der Waals surface area contributed by atoms with Crippen LogP contribution in [0.4, 0.5) is 0 Å². The average Bonchev–Trinajstić information content (AvgIpc) is 3.55. The van der Waals surface area contributed by atoms with Crippen LogP contribution in [-0.2, 0) is 21.0 Å². The molecule has 4 aliphatic carbocycles. The van der Waals surface area contributed by atoms with Gasteiger partial charge in [-0.1, -0.05) is 68.0 Å². The van der Waals surface area contributed by atoms with Crippen LogP contribution < -0.4 is 0 Å². The Labute approximate surface area is 325 Å². The molecule has 6 aliphatic rings. The van der Waals surface area contributed by atoms with Crippen molar-refractivity contribution >= 4 is 19.2 Å². The third kappa shape index (κ3) is 4.92. The van der Waals surface area contributed by atoms with E-state index in [0.717, 1.165) is 54.6 Å². The zero-order chi connectivity index (χ0) is 39.2. The van der Waals surface area contributed by atoms with Crippen molar-refractivity contribution in [3.63, 3.8) is 0 Å². The molecule has 12 atom stereocenters. The molecule has 3 fully saturated rings. The minimum absolute atomic E-state index is 0.0534. The first kappa shape index (κ1) is 39.1. The topological polar surface area (TPSA) is 104 Å². The highest BCUT2D eigenvalue weighted by Crippen LogP contribution is 2.71. The summed E-state index contributed by atoms with van der Waals surface area (Å²) in [5.41, 5.74) is 4.92. The summed E-state index contributed by atoms with van der Waals surface area (Å²) < 4.78 is 15.9. The van der Waals surface area contributed by atoms with E-state index in [1.807, 2.05) is 26.8 Å². The van der Waals surface area contributed by atoms with Gasteiger partial charge in [-0.05, 0) is 140 Å². The molecule has 8 heteroatoms. The van der Waals surface area contributed by atoms with Gasteiger partial charge in [-0.2, -0.15) is 0 Å². The number of benzene rings is 1. The van der Waals surface area contributed by atoms with Crippen LogP contribution in [0.25, 0.3) is 10.9 Å². The van der Waals surface area contributed by atoms with Gasteiger partial charge in [0.25, 0.3) is 0 Å². The third-order valence-corrected chi connectivity index (χ3v) is 23.2. The molecular weight excluding hydrogens is 691 g/mol. The molecule has 0 saturated heterocycles. The van der Waals surface area contributed by atoms with E-state index in [-0.39, 0.29) is 23.9 Å². The molecule has 54 heavy (non-hydrogen) atoms. The van der Waals surface area contributed by atoms with Gasteiger partial charge in [0.1, 0.15) is 18.4 Å². The average molecular weight is 760 g/mol. The molecule has 0 spiro atoms. The predicted octanol–water partition coefficient (Wildman–Crippen LogP) is 8.83. The maximum atomic E-state index is 13.0. The van der Waals surface area contributed by atoms with Crippen LogP contribution in [0.3, 0.4) is 0 Å². The number of fused-ring (bicyclic) bond motifs is 13. The van der Waals surface area contributed by atoms with Crippen molar-refractivity contribution in [1.82, 2.24) is 4.57 Å². The van der Waals surface area contributed by atoms with E-state index in [1.54, 1.807) is 0 Å². The molecule has 1 aromatic carbocycles. The van der Waals surface area contributed by atoms with Gasteiger partial charge in [-0.25, -0.2) is 0 Å². The van der Waals surface area contributed by atoms with Crippen LogP contribution in [-0.4, -0.2) is 69.4 Å². The third-order valence-electron chi connectivity index (χ3n) is 17.1. The minimum Gasteiger partial charge on any atom is -0.416 e.